The van der Waals surface area contributed by atoms with Gasteiger partial charge in [-0.15, -0.1) is 0 Å². The minimum Gasteiger partial charge on any atom is -0.294 e. The van der Waals surface area contributed by atoms with Crippen LogP contribution in [0.4, 0.5) is 0 Å². The zero-order chi connectivity index (χ0) is 8.10. The highest BCUT2D eigenvalue weighted by atomic mass is 14.8. The van der Waals surface area contributed by atoms with E-state index in [1.807, 2.05) is 0 Å². The molecule has 0 saturated heterocycles. The smallest absolute Gasteiger partial charge is 0.0495 e. The van der Waals surface area contributed by atoms with Gasteiger partial charge in [0.2, 0.25) is 0 Å². The lowest BCUT2D eigenvalue weighted by Gasteiger charge is -2.22. The van der Waals surface area contributed by atoms with Crippen LogP contribution in [0.1, 0.15) is 46.0 Å². The highest BCUT2D eigenvalue weighted by Crippen LogP contribution is 2.25. The number of hydrogen-bond donors (Lipinski definition) is 0. The van der Waals surface area contributed by atoms with Gasteiger partial charge in [0.15, 0.2) is 0 Å². The fourth-order valence-corrected chi connectivity index (χ4v) is 1.65. The first-order chi connectivity index (χ1) is 5.33. The van der Waals surface area contributed by atoms with E-state index >= 15 is 0 Å². The molecular formula is C10H19N. The summed E-state index contributed by atoms with van der Waals surface area (Å²) < 4.78 is 0. The normalized spacial score (nSPS) is 32.9. The van der Waals surface area contributed by atoms with E-state index in [1.54, 1.807) is 0 Å². The standard InChI is InChI=1S/C10H19N/c1-3-8-11-10-6-4-9(2)5-7-10/h8-10H,3-7H2,1-2H3. The average molecular weight is 153 g/mol. The molecule has 64 valence electrons. The zero-order valence-corrected chi connectivity index (χ0v) is 7.71. The minimum atomic E-state index is 0.658. The lowest BCUT2D eigenvalue weighted by Crippen LogP contribution is -2.15. The first-order valence-electron chi connectivity index (χ1n) is 4.84. The van der Waals surface area contributed by atoms with Crippen molar-refractivity contribution in [1.82, 2.24) is 0 Å². The molecule has 0 atom stereocenters. The number of rotatable bonds is 2. The van der Waals surface area contributed by atoms with Gasteiger partial charge in [-0.2, -0.15) is 0 Å². The van der Waals surface area contributed by atoms with Gasteiger partial charge in [-0.25, -0.2) is 0 Å². The largest absolute Gasteiger partial charge is 0.294 e. The van der Waals surface area contributed by atoms with Gasteiger partial charge in [-0.3, -0.25) is 4.99 Å². The van der Waals surface area contributed by atoms with Gasteiger partial charge in [0.1, 0.15) is 0 Å². The van der Waals surface area contributed by atoms with Gasteiger partial charge >= 0.3 is 0 Å². The van der Waals surface area contributed by atoms with Gasteiger partial charge in [0.25, 0.3) is 0 Å². The minimum absolute atomic E-state index is 0.658. The average Bonchev–Trinajstić information content (AvgIpc) is 2.04. The Morgan fingerprint density at radius 1 is 1.27 bits per heavy atom. The third-order valence-electron chi connectivity index (χ3n) is 2.48. The van der Waals surface area contributed by atoms with Crippen LogP contribution in [0.15, 0.2) is 4.99 Å². The van der Waals surface area contributed by atoms with Crippen LogP contribution in [0, 0.1) is 5.92 Å². The molecule has 1 fully saturated rings. The van der Waals surface area contributed by atoms with Crippen LogP contribution in [-0.4, -0.2) is 12.3 Å². The summed E-state index contributed by atoms with van der Waals surface area (Å²) >= 11 is 0. The summed E-state index contributed by atoms with van der Waals surface area (Å²) in [6, 6.07) is 0.658. The molecule has 11 heavy (non-hydrogen) atoms. The third kappa shape index (κ3) is 3.04. The van der Waals surface area contributed by atoms with Crippen LogP contribution in [-0.2, 0) is 0 Å². The Labute approximate surface area is 69.9 Å². The molecule has 0 radical (unpaired) electrons. The van der Waals surface area contributed by atoms with Gasteiger partial charge in [0.05, 0.1) is 0 Å². The van der Waals surface area contributed by atoms with Crippen LogP contribution in [0.25, 0.3) is 0 Å². The molecule has 0 aromatic carbocycles. The van der Waals surface area contributed by atoms with E-state index in [0.29, 0.717) is 6.04 Å². The quantitative estimate of drug-likeness (QED) is 0.541. The molecule has 0 spiro atoms. The van der Waals surface area contributed by atoms with E-state index in [0.717, 1.165) is 12.3 Å². The van der Waals surface area contributed by atoms with Crippen molar-refractivity contribution < 1.29 is 0 Å². The maximum absolute atomic E-state index is 4.51. The van der Waals surface area contributed by atoms with Gasteiger partial charge < -0.3 is 0 Å². The Morgan fingerprint density at radius 2 is 1.91 bits per heavy atom. The van der Waals surface area contributed by atoms with Crippen molar-refractivity contribution in [2.24, 2.45) is 10.9 Å². The summed E-state index contributed by atoms with van der Waals surface area (Å²) in [7, 11) is 0. The maximum Gasteiger partial charge on any atom is 0.0495 e. The van der Waals surface area contributed by atoms with Crippen molar-refractivity contribution in [3.8, 4) is 0 Å². The van der Waals surface area contributed by atoms with E-state index in [2.05, 4.69) is 25.1 Å². The molecule has 0 aliphatic heterocycles. The van der Waals surface area contributed by atoms with Gasteiger partial charge in [0, 0.05) is 6.04 Å². The van der Waals surface area contributed by atoms with Crippen LogP contribution in [0.5, 0.6) is 0 Å². The molecular weight excluding hydrogens is 134 g/mol. The number of hydrogen-bond acceptors (Lipinski definition) is 1. The highest BCUT2D eigenvalue weighted by Gasteiger charge is 2.15. The molecule has 1 rings (SSSR count). The molecule has 1 saturated carbocycles. The number of aliphatic imine (C=N–C) groups is 1. The van der Waals surface area contributed by atoms with E-state index in [1.165, 1.54) is 25.7 Å². The summed E-state index contributed by atoms with van der Waals surface area (Å²) in [6.07, 6.45) is 8.56. The van der Waals surface area contributed by atoms with Crippen molar-refractivity contribution in [2.45, 2.75) is 52.0 Å². The Hall–Kier alpha value is -0.330. The van der Waals surface area contributed by atoms with Gasteiger partial charge in [-0.05, 0) is 44.2 Å². The maximum atomic E-state index is 4.51. The molecule has 1 aliphatic carbocycles. The predicted molar refractivity (Wildman–Crippen MR) is 50.2 cm³/mol. The van der Waals surface area contributed by atoms with Crippen molar-refractivity contribution >= 4 is 6.21 Å². The van der Waals surface area contributed by atoms with Crippen LogP contribution >= 0.6 is 0 Å². The monoisotopic (exact) mass is 153 g/mol. The molecule has 0 aromatic rings. The second kappa shape index (κ2) is 4.53. The molecule has 1 nitrogen and oxygen atoms in total. The first kappa shape index (κ1) is 8.76. The number of nitrogens with zero attached hydrogens (tertiary/aromatic N) is 1. The van der Waals surface area contributed by atoms with Crippen molar-refractivity contribution in [3.05, 3.63) is 0 Å². The first-order valence-corrected chi connectivity index (χ1v) is 4.84. The summed E-state index contributed by atoms with van der Waals surface area (Å²) in [5.74, 6) is 0.947. The van der Waals surface area contributed by atoms with E-state index in [-0.39, 0.29) is 0 Å². The van der Waals surface area contributed by atoms with Gasteiger partial charge in [-0.1, -0.05) is 13.8 Å². The molecule has 1 aliphatic rings. The molecule has 0 amide bonds. The lowest BCUT2D eigenvalue weighted by atomic mass is 9.88. The third-order valence-corrected chi connectivity index (χ3v) is 2.48. The second-order valence-electron chi connectivity index (χ2n) is 3.65. The van der Waals surface area contributed by atoms with Crippen LogP contribution in [0.2, 0.25) is 0 Å². The fourth-order valence-electron chi connectivity index (χ4n) is 1.65. The van der Waals surface area contributed by atoms with Crippen LogP contribution in [0.3, 0.4) is 0 Å². The molecule has 0 N–H and O–H groups in total. The Bertz CT molecular complexity index is 121. The topological polar surface area (TPSA) is 12.4 Å². The zero-order valence-electron chi connectivity index (χ0n) is 7.71. The Morgan fingerprint density at radius 3 is 2.45 bits per heavy atom. The molecule has 0 aromatic heterocycles. The van der Waals surface area contributed by atoms with Crippen molar-refractivity contribution in [1.29, 1.82) is 0 Å². The van der Waals surface area contributed by atoms with E-state index < -0.39 is 0 Å². The highest BCUT2D eigenvalue weighted by molar-refractivity contribution is 5.56. The molecule has 0 bridgehead atoms. The van der Waals surface area contributed by atoms with Crippen LogP contribution < -0.4 is 0 Å². The van der Waals surface area contributed by atoms with Crippen molar-refractivity contribution in [2.75, 3.05) is 0 Å². The summed E-state index contributed by atoms with van der Waals surface area (Å²) in [5, 5.41) is 0. The summed E-state index contributed by atoms with van der Waals surface area (Å²) in [5.41, 5.74) is 0. The second-order valence-corrected chi connectivity index (χ2v) is 3.65. The van der Waals surface area contributed by atoms with E-state index in [4.69, 9.17) is 0 Å². The molecule has 1 heteroatoms. The predicted octanol–water partition coefficient (Wildman–Crippen LogP) is 3.05. The van der Waals surface area contributed by atoms with Crippen molar-refractivity contribution in [3.63, 3.8) is 0 Å². The Balaban J connectivity index is 2.22. The van der Waals surface area contributed by atoms with E-state index in [9.17, 15) is 0 Å². The molecule has 0 heterocycles. The molecule has 0 unspecified atom stereocenters. The Kier molecular flexibility index (Phi) is 3.61. The lowest BCUT2D eigenvalue weighted by molar-refractivity contribution is 0.349. The summed E-state index contributed by atoms with van der Waals surface area (Å²) in [6.45, 7) is 4.49. The summed E-state index contributed by atoms with van der Waals surface area (Å²) in [4.78, 5) is 4.51. The fraction of sp³-hybridized carbons (Fsp3) is 0.900. The SMILES string of the molecule is CCC=NC1CCC(C)CC1.